The Bertz CT molecular complexity index is 668. The van der Waals surface area contributed by atoms with Crippen molar-refractivity contribution < 1.29 is 9.53 Å². The lowest BCUT2D eigenvalue weighted by atomic mass is 10.2. The van der Waals surface area contributed by atoms with Crippen LogP contribution in [0, 0.1) is 0 Å². The minimum Gasteiger partial charge on any atom is -0.379 e. The number of ether oxygens (including phenoxy) is 1. The van der Waals surface area contributed by atoms with Gasteiger partial charge in [-0.05, 0) is 17.7 Å². The Balaban J connectivity index is 1.60. The minimum atomic E-state index is -0.0419. The molecule has 2 aromatic rings. The normalized spacial score (nSPS) is 15.5. The largest absolute Gasteiger partial charge is 0.379 e. The number of hydrogen-bond acceptors (Lipinski definition) is 4. The monoisotopic (exact) mass is 334 g/mol. The Hall–Kier alpha value is -1.89. The Morgan fingerprint density at radius 3 is 2.91 bits per heavy atom. The summed E-state index contributed by atoms with van der Waals surface area (Å²) in [6.45, 7) is 3.86. The fourth-order valence-corrected chi connectivity index (χ4v) is 2.73. The SMILES string of the molecule is O=C(CN1CCOCC1)Nc1ccnn1Cc1cccc(Cl)c1. The van der Waals surface area contributed by atoms with Gasteiger partial charge in [0.25, 0.3) is 0 Å². The molecule has 0 spiro atoms. The van der Waals surface area contributed by atoms with E-state index in [-0.39, 0.29) is 5.91 Å². The van der Waals surface area contributed by atoms with E-state index in [9.17, 15) is 4.79 Å². The summed E-state index contributed by atoms with van der Waals surface area (Å²) in [5.74, 6) is 0.642. The highest BCUT2D eigenvalue weighted by Gasteiger charge is 2.15. The molecule has 7 heteroatoms. The van der Waals surface area contributed by atoms with Crippen LogP contribution in [0.15, 0.2) is 36.5 Å². The van der Waals surface area contributed by atoms with Crippen molar-refractivity contribution in [3.8, 4) is 0 Å². The summed E-state index contributed by atoms with van der Waals surface area (Å²) in [6.07, 6.45) is 1.68. The number of nitrogens with zero attached hydrogens (tertiary/aromatic N) is 3. The molecule has 1 aromatic heterocycles. The molecule has 0 atom stereocenters. The molecule has 23 heavy (non-hydrogen) atoms. The highest BCUT2D eigenvalue weighted by Crippen LogP contribution is 2.14. The average Bonchev–Trinajstić information content (AvgIpc) is 2.95. The van der Waals surface area contributed by atoms with Gasteiger partial charge >= 0.3 is 0 Å². The van der Waals surface area contributed by atoms with Gasteiger partial charge in [0, 0.05) is 24.2 Å². The number of rotatable bonds is 5. The van der Waals surface area contributed by atoms with Crippen LogP contribution < -0.4 is 5.32 Å². The number of hydrogen-bond donors (Lipinski definition) is 1. The Kier molecular flexibility index (Phi) is 5.27. The maximum absolute atomic E-state index is 12.2. The number of aromatic nitrogens is 2. The topological polar surface area (TPSA) is 59.4 Å². The minimum absolute atomic E-state index is 0.0419. The Morgan fingerprint density at radius 1 is 1.30 bits per heavy atom. The summed E-state index contributed by atoms with van der Waals surface area (Å²) in [5.41, 5.74) is 1.03. The summed E-state index contributed by atoms with van der Waals surface area (Å²) in [7, 11) is 0. The molecule has 0 saturated carbocycles. The summed E-state index contributed by atoms with van der Waals surface area (Å²) < 4.78 is 7.04. The summed E-state index contributed by atoms with van der Waals surface area (Å²) >= 11 is 6.00. The fourth-order valence-electron chi connectivity index (χ4n) is 2.52. The number of halogens is 1. The van der Waals surface area contributed by atoms with E-state index in [4.69, 9.17) is 16.3 Å². The van der Waals surface area contributed by atoms with Crippen LogP contribution in [0.4, 0.5) is 5.82 Å². The first-order valence-corrected chi connectivity index (χ1v) is 7.95. The van der Waals surface area contributed by atoms with Crippen molar-refractivity contribution >= 4 is 23.3 Å². The van der Waals surface area contributed by atoms with E-state index >= 15 is 0 Å². The van der Waals surface area contributed by atoms with Gasteiger partial charge in [-0.25, -0.2) is 4.68 Å². The second-order valence-electron chi connectivity index (χ2n) is 5.44. The molecule has 1 aromatic carbocycles. The zero-order valence-electron chi connectivity index (χ0n) is 12.7. The van der Waals surface area contributed by atoms with Gasteiger partial charge < -0.3 is 10.1 Å². The number of amides is 1. The number of carbonyl (C=O) groups is 1. The molecule has 1 amide bonds. The van der Waals surface area contributed by atoms with Crippen molar-refractivity contribution in [2.45, 2.75) is 6.54 Å². The summed E-state index contributed by atoms with van der Waals surface area (Å²) in [5, 5.41) is 7.87. The lowest BCUT2D eigenvalue weighted by molar-refractivity contribution is -0.118. The molecule has 0 unspecified atom stereocenters. The van der Waals surface area contributed by atoms with Gasteiger partial charge in [0.15, 0.2) is 0 Å². The first kappa shape index (κ1) is 16.0. The van der Waals surface area contributed by atoms with Crippen LogP contribution in [0.5, 0.6) is 0 Å². The van der Waals surface area contributed by atoms with Crippen molar-refractivity contribution in [1.82, 2.24) is 14.7 Å². The number of nitrogens with one attached hydrogen (secondary N) is 1. The van der Waals surface area contributed by atoms with Gasteiger partial charge in [-0.1, -0.05) is 23.7 Å². The van der Waals surface area contributed by atoms with E-state index in [2.05, 4.69) is 15.3 Å². The van der Waals surface area contributed by atoms with Crippen LogP contribution in [-0.2, 0) is 16.1 Å². The zero-order chi connectivity index (χ0) is 16.1. The molecule has 122 valence electrons. The lowest BCUT2D eigenvalue weighted by Gasteiger charge is -2.25. The summed E-state index contributed by atoms with van der Waals surface area (Å²) in [6, 6.07) is 9.40. The molecule has 1 saturated heterocycles. The molecule has 1 aliphatic rings. The van der Waals surface area contributed by atoms with Gasteiger partial charge in [0.2, 0.25) is 5.91 Å². The van der Waals surface area contributed by atoms with Gasteiger partial charge in [-0.15, -0.1) is 0 Å². The van der Waals surface area contributed by atoms with Gasteiger partial charge in [0.1, 0.15) is 5.82 Å². The molecule has 1 fully saturated rings. The maximum atomic E-state index is 12.2. The van der Waals surface area contributed by atoms with Crippen LogP contribution >= 0.6 is 11.6 Å². The van der Waals surface area contributed by atoms with E-state index in [0.717, 1.165) is 18.7 Å². The molecule has 2 heterocycles. The highest BCUT2D eigenvalue weighted by molar-refractivity contribution is 6.30. The van der Waals surface area contributed by atoms with E-state index in [1.54, 1.807) is 16.9 Å². The predicted octanol–water partition coefficient (Wildman–Crippen LogP) is 1.86. The third kappa shape index (κ3) is 4.54. The third-order valence-electron chi connectivity index (χ3n) is 3.68. The second kappa shape index (κ2) is 7.59. The van der Waals surface area contributed by atoms with Crippen molar-refractivity contribution in [2.75, 3.05) is 38.2 Å². The molecule has 1 aliphatic heterocycles. The number of anilines is 1. The van der Waals surface area contributed by atoms with Crippen LogP contribution in [0.3, 0.4) is 0 Å². The molecule has 1 N–H and O–H groups in total. The van der Waals surface area contributed by atoms with Crippen LogP contribution in [-0.4, -0.2) is 53.4 Å². The van der Waals surface area contributed by atoms with Gasteiger partial charge in [-0.3, -0.25) is 9.69 Å². The first-order valence-electron chi connectivity index (χ1n) is 7.57. The first-order chi connectivity index (χ1) is 11.2. The Morgan fingerprint density at radius 2 is 2.13 bits per heavy atom. The number of carbonyl (C=O) groups excluding carboxylic acids is 1. The van der Waals surface area contributed by atoms with Crippen molar-refractivity contribution in [3.63, 3.8) is 0 Å². The molecule has 0 aliphatic carbocycles. The lowest BCUT2D eigenvalue weighted by Crippen LogP contribution is -2.41. The number of morpholine rings is 1. The van der Waals surface area contributed by atoms with Crippen LogP contribution in [0.1, 0.15) is 5.56 Å². The summed E-state index contributed by atoms with van der Waals surface area (Å²) in [4.78, 5) is 14.3. The average molecular weight is 335 g/mol. The van der Waals surface area contributed by atoms with Crippen LogP contribution in [0.25, 0.3) is 0 Å². The second-order valence-corrected chi connectivity index (χ2v) is 5.88. The molecule has 6 nitrogen and oxygen atoms in total. The molecular weight excluding hydrogens is 316 g/mol. The van der Waals surface area contributed by atoms with Crippen molar-refractivity contribution in [1.29, 1.82) is 0 Å². The molecule has 0 radical (unpaired) electrons. The maximum Gasteiger partial charge on any atom is 0.239 e. The van der Waals surface area contributed by atoms with E-state index in [0.29, 0.717) is 37.1 Å². The molecule has 0 bridgehead atoms. The number of benzene rings is 1. The highest BCUT2D eigenvalue weighted by atomic mass is 35.5. The van der Waals surface area contributed by atoms with E-state index in [1.807, 2.05) is 24.3 Å². The molecular formula is C16H19ClN4O2. The third-order valence-corrected chi connectivity index (χ3v) is 3.91. The standard InChI is InChI=1S/C16H19ClN4O2/c17-14-3-1-2-13(10-14)11-21-15(4-5-18-21)19-16(22)12-20-6-8-23-9-7-20/h1-5,10H,6-9,11-12H2,(H,19,22). The Labute approximate surface area is 140 Å². The predicted molar refractivity (Wildman–Crippen MR) is 88.7 cm³/mol. The fraction of sp³-hybridized carbons (Fsp3) is 0.375. The smallest absolute Gasteiger partial charge is 0.239 e. The van der Waals surface area contributed by atoms with E-state index in [1.165, 1.54) is 0 Å². The quantitative estimate of drug-likeness (QED) is 0.906. The van der Waals surface area contributed by atoms with Crippen LogP contribution in [0.2, 0.25) is 5.02 Å². The van der Waals surface area contributed by atoms with Crippen molar-refractivity contribution in [3.05, 3.63) is 47.1 Å². The van der Waals surface area contributed by atoms with Gasteiger partial charge in [0.05, 0.1) is 32.5 Å². The van der Waals surface area contributed by atoms with Gasteiger partial charge in [-0.2, -0.15) is 5.10 Å². The zero-order valence-corrected chi connectivity index (χ0v) is 13.5. The van der Waals surface area contributed by atoms with E-state index < -0.39 is 0 Å². The van der Waals surface area contributed by atoms with Crippen molar-refractivity contribution in [2.24, 2.45) is 0 Å². The molecule has 3 rings (SSSR count).